The number of ether oxygens (including phenoxy) is 1. The zero-order chi connectivity index (χ0) is 15.6. The van der Waals surface area contributed by atoms with Gasteiger partial charge in [0.1, 0.15) is 11.2 Å². The number of nitrogens with zero attached hydrogens (tertiary/aromatic N) is 2. The van der Waals surface area contributed by atoms with Gasteiger partial charge in [0.15, 0.2) is 0 Å². The number of amides is 1. The van der Waals surface area contributed by atoms with Crippen LogP contribution < -0.4 is 5.32 Å². The quantitative estimate of drug-likeness (QED) is 0.884. The number of aryl methyl sites for hydroxylation is 1. The van der Waals surface area contributed by atoms with E-state index in [0.717, 1.165) is 12.1 Å². The lowest BCUT2D eigenvalue weighted by atomic mass is 9.94. The molecule has 2 heterocycles. The fraction of sp³-hybridized carbons (Fsp3) is 0.643. The van der Waals surface area contributed by atoms with Crippen molar-refractivity contribution in [2.45, 2.75) is 45.8 Å². The van der Waals surface area contributed by atoms with Gasteiger partial charge in [-0.1, -0.05) is 0 Å². The van der Waals surface area contributed by atoms with Crippen LogP contribution in [-0.4, -0.2) is 39.1 Å². The Bertz CT molecular complexity index is 545. The first-order valence-corrected chi connectivity index (χ1v) is 7.01. The molecule has 1 aromatic rings. The highest BCUT2D eigenvalue weighted by Gasteiger charge is 2.25. The summed E-state index contributed by atoms with van der Waals surface area (Å²) in [6.45, 7) is 6.57. The fourth-order valence-electron chi connectivity index (χ4n) is 2.39. The third-order valence-corrected chi connectivity index (χ3v) is 3.34. The van der Waals surface area contributed by atoms with Crippen molar-refractivity contribution in [3.8, 4) is 0 Å². The number of carboxylic acids is 1. The summed E-state index contributed by atoms with van der Waals surface area (Å²) in [6, 6.07) is 0. The molecule has 1 aliphatic rings. The van der Waals surface area contributed by atoms with Crippen LogP contribution in [0, 0.1) is 5.92 Å². The molecule has 2 N–H and O–H groups in total. The third kappa shape index (κ3) is 3.96. The molecule has 1 aromatic heterocycles. The maximum absolute atomic E-state index is 11.6. The monoisotopic (exact) mass is 295 g/mol. The number of carboxylic acid groups (broad SMARTS) is 1. The van der Waals surface area contributed by atoms with Crippen LogP contribution in [-0.2, 0) is 17.7 Å². The summed E-state index contributed by atoms with van der Waals surface area (Å²) in [4.78, 5) is 22.7. The normalized spacial score (nSPS) is 18.0. The Balaban J connectivity index is 1.91. The summed E-state index contributed by atoms with van der Waals surface area (Å²) in [7, 11) is 0. The molecule has 0 aromatic carbocycles. The molecule has 0 fully saturated rings. The number of nitrogens with one attached hydrogen (secondary N) is 1. The van der Waals surface area contributed by atoms with E-state index in [1.165, 1.54) is 6.20 Å². The molecule has 0 saturated carbocycles. The molecule has 1 unspecified atom stereocenters. The zero-order valence-electron chi connectivity index (χ0n) is 12.5. The lowest BCUT2D eigenvalue weighted by Gasteiger charge is -2.25. The minimum atomic E-state index is -0.961. The number of rotatable bonds is 3. The number of carbonyl (C=O) groups excluding carboxylic acids is 1. The van der Waals surface area contributed by atoms with Crippen LogP contribution in [0.3, 0.4) is 0 Å². The molecule has 21 heavy (non-hydrogen) atoms. The number of hydrogen-bond donors (Lipinski definition) is 2. The van der Waals surface area contributed by atoms with E-state index < -0.39 is 17.7 Å². The molecular weight excluding hydrogens is 274 g/mol. The van der Waals surface area contributed by atoms with Gasteiger partial charge in [-0.3, -0.25) is 4.68 Å². The third-order valence-electron chi connectivity index (χ3n) is 3.34. The van der Waals surface area contributed by atoms with Gasteiger partial charge in [-0.25, -0.2) is 9.59 Å². The van der Waals surface area contributed by atoms with Crippen molar-refractivity contribution in [2.75, 3.05) is 6.54 Å². The first-order chi connectivity index (χ1) is 9.76. The summed E-state index contributed by atoms with van der Waals surface area (Å²) in [6.07, 6.45) is 2.39. The molecule has 0 aliphatic carbocycles. The van der Waals surface area contributed by atoms with E-state index in [1.807, 2.05) is 20.8 Å². The van der Waals surface area contributed by atoms with Crippen LogP contribution in [0.2, 0.25) is 0 Å². The molecule has 0 spiro atoms. The number of aromatic nitrogens is 2. The predicted octanol–water partition coefficient (Wildman–Crippen LogP) is 1.67. The number of carbonyl (C=O) groups is 2. The van der Waals surface area contributed by atoms with E-state index in [1.54, 1.807) is 4.68 Å². The van der Waals surface area contributed by atoms with E-state index >= 15 is 0 Å². The van der Waals surface area contributed by atoms with Crippen LogP contribution in [0.4, 0.5) is 4.79 Å². The van der Waals surface area contributed by atoms with Gasteiger partial charge < -0.3 is 15.2 Å². The van der Waals surface area contributed by atoms with Crippen molar-refractivity contribution >= 4 is 12.1 Å². The van der Waals surface area contributed by atoms with E-state index in [0.29, 0.717) is 19.5 Å². The minimum Gasteiger partial charge on any atom is -0.478 e. The van der Waals surface area contributed by atoms with E-state index in [2.05, 4.69) is 10.4 Å². The van der Waals surface area contributed by atoms with Crippen molar-refractivity contribution in [3.63, 3.8) is 0 Å². The van der Waals surface area contributed by atoms with Gasteiger partial charge in [0.25, 0.3) is 0 Å². The fourth-order valence-corrected chi connectivity index (χ4v) is 2.39. The Morgan fingerprint density at radius 3 is 2.86 bits per heavy atom. The van der Waals surface area contributed by atoms with Crippen LogP contribution in [0.1, 0.15) is 43.2 Å². The summed E-state index contributed by atoms with van der Waals surface area (Å²) in [5, 5.41) is 15.9. The van der Waals surface area contributed by atoms with Crippen molar-refractivity contribution in [2.24, 2.45) is 5.92 Å². The molecule has 7 heteroatoms. The van der Waals surface area contributed by atoms with Gasteiger partial charge in [0.05, 0.1) is 11.9 Å². The number of fused-ring (bicyclic) bond motifs is 1. The molecule has 1 aliphatic heterocycles. The highest BCUT2D eigenvalue weighted by molar-refractivity contribution is 5.88. The topological polar surface area (TPSA) is 93.5 Å². The highest BCUT2D eigenvalue weighted by Crippen LogP contribution is 2.22. The first-order valence-electron chi connectivity index (χ1n) is 7.01. The SMILES string of the molecule is CC(C)(C)OC(=O)NCC1CCn2ncc(C(=O)O)c2C1. The molecule has 1 atom stereocenters. The maximum atomic E-state index is 11.6. The van der Waals surface area contributed by atoms with Gasteiger partial charge in [-0.15, -0.1) is 0 Å². The Morgan fingerprint density at radius 1 is 1.52 bits per heavy atom. The zero-order valence-corrected chi connectivity index (χ0v) is 12.5. The Kier molecular flexibility index (Phi) is 4.20. The van der Waals surface area contributed by atoms with Crippen molar-refractivity contribution in [1.82, 2.24) is 15.1 Å². The van der Waals surface area contributed by atoms with E-state index in [4.69, 9.17) is 9.84 Å². The van der Waals surface area contributed by atoms with Crippen molar-refractivity contribution in [1.29, 1.82) is 0 Å². The average molecular weight is 295 g/mol. The van der Waals surface area contributed by atoms with Gasteiger partial charge in [-0.2, -0.15) is 5.10 Å². The van der Waals surface area contributed by atoms with Gasteiger partial charge in [0.2, 0.25) is 0 Å². The Morgan fingerprint density at radius 2 is 2.24 bits per heavy atom. The standard InChI is InChI=1S/C14H21N3O4/c1-14(2,3)21-13(20)15-7-9-4-5-17-11(6-9)10(8-16-17)12(18)19/h8-9H,4-7H2,1-3H3,(H,15,20)(H,18,19). The average Bonchev–Trinajstić information content (AvgIpc) is 2.77. The lowest BCUT2D eigenvalue weighted by Crippen LogP contribution is -2.37. The summed E-state index contributed by atoms with van der Waals surface area (Å²) >= 11 is 0. The second kappa shape index (κ2) is 5.75. The Labute approximate surface area is 123 Å². The van der Waals surface area contributed by atoms with E-state index in [9.17, 15) is 9.59 Å². The van der Waals surface area contributed by atoms with Crippen LogP contribution in [0.5, 0.6) is 0 Å². The molecule has 0 saturated heterocycles. The molecule has 1 amide bonds. The maximum Gasteiger partial charge on any atom is 0.407 e. The largest absolute Gasteiger partial charge is 0.478 e. The molecule has 0 bridgehead atoms. The summed E-state index contributed by atoms with van der Waals surface area (Å²) in [5.41, 5.74) is 0.452. The number of hydrogen-bond acceptors (Lipinski definition) is 4. The van der Waals surface area contributed by atoms with Crippen LogP contribution in [0.15, 0.2) is 6.20 Å². The molecule has 2 rings (SSSR count). The second-order valence-electron chi connectivity index (χ2n) is 6.27. The summed E-state index contributed by atoms with van der Waals surface area (Å²) in [5.74, 6) is -0.767. The van der Waals surface area contributed by atoms with Crippen molar-refractivity contribution < 1.29 is 19.4 Å². The van der Waals surface area contributed by atoms with Crippen LogP contribution >= 0.6 is 0 Å². The summed E-state index contributed by atoms with van der Waals surface area (Å²) < 4.78 is 6.91. The van der Waals surface area contributed by atoms with Gasteiger partial charge >= 0.3 is 12.1 Å². The number of alkyl carbamates (subject to hydrolysis) is 1. The lowest BCUT2D eigenvalue weighted by molar-refractivity contribution is 0.0515. The van der Waals surface area contributed by atoms with Gasteiger partial charge in [-0.05, 0) is 39.5 Å². The molecule has 0 radical (unpaired) electrons. The molecular formula is C14H21N3O4. The first kappa shape index (κ1) is 15.3. The highest BCUT2D eigenvalue weighted by atomic mass is 16.6. The minimum absolute atomic E-state index is 0.194. The Hall–Kier alpha value is -2.05. The second-order valence-corrected chi connectivity index (χ2v) is 6.27. The van der Waals surface area contributed by atoms with E-state index in [-0.39, 0.29) is 11.5 Å². The molecule has 116 valence electrons. The van der Waals surface area contributed by atoms with Crippen molar-refractivity contribution in [3.05, 3.63) is 17.5 Å². The smallest absolute Gasteiger partial charge is 0.407 e. The number of aromatic carboxylic acids is 1. The van der Waals surface area contributed by atoms with Gasteiger partial charge in [0, 0.05) is 13.1 Å². The van der Waals surface area contributed by atoms with Crippen LogP contribution in [0.25, 0.3) is 0 Å². The molecule has 7 nitrogen and oxygen atoms in total. The predicted molar refractivity (Wildman–Crippen MR) is 75.2 cm³/mol.